The fraction of sp³-hybridized carbons (Fsp3) is 0.214. The number of nitrogens with one attached hydrogen (secondary N) is 1. The quantitative estimate of drug-likeness (QED) is 0.518. The summed E-state index contributed by atoms with van der Waals surface area (Å²) in [6, 6.07) is 22.1. The molecule has 3 aromatic rings. The molecule has 3 amide bonds. The third kappa shape index (κ3) is 5.02. The van der Waals surface area contributed by atoms with Crippen molar-refractivity contribution >= 4 is 29.1 Å². The molecule has 188 valence electrons. The molecule has 0 radical (unpaired) electrons. The molecule has 0 saturated heterocycles. The molecule has 2 aliphatic heterocycles. The molecule has 0 spiro atoms. The third-order valence-corrected chi connectivity index (χ3v) is 6.28. The first-order chi connectivity index (χ1) is 17.9. The number of nitrogens with two attached hydrogens (primary N) is 1. The van der Waals surface area contributed by atoms with Crippen LogP contribution in [0.2, 0.25) is 0 Å². The molecule has 9 heteroatoms. The number of hydrogen-bond acceptors (Lipinski definition) is 6. The maximum Gasteiger partial charge on any atom is 0.272 e. The van der Waals surface area contributed by atoms with Crippen LogP contribution >= 0.6 is 0 Å². The van der Waals surface area contributed by atoms with Crippen molar-refractivity contribution in [3.05, 3.63) is 89.5 Å². The number of amides is 3. The van der Waals surface area contributed by atoms with Crippen molar-refractivity contribution in [2.45, 2.75) is 19.5 Å². The summed E-state index contributed by atoms with van der Waals surface area (Å²) in [6.45, 7) is 1.55. The number of benzene rings is 3. The van der Waals surface area contributed by atoms with Gasteiger partial charge in [-0.3, -0.25) is 19.3 Å². The molecule has 5 rings (SSSR count). The van der Waals surface area contributed by atoms with Crippen LogP contribution in [-0.4, -0.2) is 42.9 Å². The number of carbonyl (C=O) groups is 3. The highest BCUT2D eigenvalue weighted by atomic mass is 16.7. The van der Waals surface area contributed by atoms with E-state index in [4.69, 9.17) is 20.2 Å². The fourth-order valence-corrected chi connectivity index (χ4v) is 4.45. The Balaban J connectivity index is 1.53. The molecule has 3 aromatic carbocycles. The van der Waals surface area contributed by atoms with Crippen LogP contribution in [0.25, 0.3) is 0 Å². The summed E-state index contributed by atoms with van der Waals surface area (Å²) in [5, 5.41) is 2.79. The topological polar surface area (TPSA) is 123 Å². The maximum absolute atomic E-state index is 13.7. The van der Waals surface area contributed by atoms with E-state index in [2.05, 4.69) is 5.32 Å². The summed E-state index contributed by atoms with van der Waals surface area (Å²) in [5.41, 5.74) is 8.72. The molecule has 3 N–H and O–H groups in total. The Bertz CT molecular complexity index is 1390. The van der Waals surface area contributed by atoms with Gasteiger partial charge in [-0.05, 0) is 36.2 Å². The standard InChI is InChI=1S/C28H26N4O5/c1-17(13-18-7-3-2-4-8-18)27(34)31-26-28(35)32(15-24(29)33)21-10-6-5-9-20(21)25(30-26)19-11-12-22-23(14-19)37-16-36-22/h2-12,14,17,26H,13,15-16H2,1H3,(H2,29,33)(H,31,34)/t17-,26?/m0/s1. The molecule has 0 bridgehead atoms. The summed E-state index contributed by atoms with van der Waals surface area (Å²) < 4.78 is 11.0. The first-order valence-corrected chi connectivity index (χ1v) is 11.9. The van der Waals surface area contributed by atoms with E-state index in [9.17, 15) is 14.4 Å². The SMILES string of the molecule is C[C@@H](Cc1ccccc1)C(=O)NC1N=C(c2ccc3c(c2)OCO3)c2ccccc2N(CC(N)=O)C1=O. The Hall–Kier alpha value is -4.66. The summed E-state index contributed by atoms with van der Waals surface area (Å²) in [6.07, 6.45) is -0.768. The summed E-state index contributed by atoms with van der Waals surface area (Å²) >= 11 is 0. The first-order valence-electron chi connectivity index (χ1n) is 11.9. The van der Waals surface area contributed by atoms with Gasteiger partial charge in [0.05, 0.1) is 11.4 Å². The third-order valence-electron chi connectivity index (χ3n) is 6.28. The number of hydrogen-bond donors (Lipinski definition) is 2. The number of ether oxygens (including phenoxy) is 2. The van der Waals surface area contributed by atoms with Crippen molar-refractivity contribution in [1.29, 1.82) is 0 Å². The van der Waals surface area contributed by atoms with E-state index in [1.165, 1.54) is 4.90 Å². The van der Waals surface area contributed by atoms with Gasteiger partial charge in [0.2, 0.25) is 24.8 Å². The van der Waals surface area contributed by atoms with Gasteiger partial charge < -0.3 is 20.5 Å². The highest BCUT2D eigenvalue weighted by Gasteiger charge is 2.34. The average molecular weight is 499 g/mol. The second-order valence-corrected chi connectivity index (χ2v) is 8.96. The number of para-hydroxylation sites is 1. The van der Waals surface area contributed by atoms with Crippen LogP contribution in [-0.2, 0) is 20.8 Å². The monoisotopic (exact) mass is 498 g/mol. The number of aliphatic imine (C=N–C) groups is 1. The van der Waals surface area contributed by atoms with Crippen LogP contribution in [0.3, 0.4) is 0 Å². The first kappa shape index (κ1) is 24.1. The second kappa shape index (κ2) is 10.1. The van der Waals surface area contributed by atoms with Gasteiger partial charge in [0.25, 0.3) is 5.91 Å². The van der Waals surface area contributed by atoms with Gasteiger partial charge in [-0.1, -0.05) is 55.5 Å². The fourth-order valence-electron chi connectivity index (χ4n) is 4.45. The molecule has 37 heavy (non-hydrogen) atoms. The molecule has 0 aromatic heterocycles. The Morgan fingerprint density at radius 3 is 2.57 bits per heavy atom. The summed E-state index contributed by atoms with van der Waals surface area (Å²) in [5.74, 6) is -0.827. The van der Waals surface area contributed by atoms with E-state index in [1.54, 1.807) is 31.2 Å². The van der Waals surface area contributed by atoms with Gasteiger partial charge in [-0.15, -0.1) is 0 Å². The number of benzodiazepines with no additional fused rings is 1. The van der Waals surface area contributed by atoms with Crippen LogP contribution in [0.5, 0.6) is 11.5 Å². The van der Waals surface area contributed by atoms with Crippen LogP contribution in [0, 0.1) is 5.92 Å². The number of carbonyl (C=O) groups excluding carboxylic acids is 3. The van der Waals surface area contributed by atoms with E-state index in [0.717, 1.165) is 5.56 Å². The highest BCUT2D eigenvalue weighted by molar-refractivity contribution is 6.21. The van der Waals surface area contributed by atoms with Crippen LogP contribution < -0.4 is 25.4 Å². The Kier molecular flexibility index (Phi) is 6.59. The minimum atomic E-state index is -1.27. The summed E-state index contributed by atoms with van der Waals surface area (Å²) in [7, 11) is 0. The lowest BCUT2D eigenvalue weighted by molar-refractivity contribution is -0.129. The molecular formula is C28H26N4O5. The molecule has 2 aliphatic rings. The van der Waals surface area contributed by atoms with E-state index in [-0.39, 0.29) is 19.2 Å². The zero-order valence-electron chi connectivity index (χ0n) is 20.2. The summed E-state index contributed by atoms with van der Waals surface area (Å²) in [4.78, 5) is 44.8. The second-order valence-electron chi connectivity index (χ2n) is 8.96. The largest absolute Gasteiger partial charge is 0.454 e. The van der Waals surface area contributed by atoms with Crippen molar-refractivity contribution in [2.75, 3.05) is 18.2 Å². The highest BCUT2D eigenvalue weighted by Crippen LogP contribution is 2.35. The molecule has 2 heterocycles. The van der Waals surface area contributed by atoms with Crippen LogP contribution in [0.15, 0.2) is 77.8 Å². The van der Waals surface area contributed by atoms with Gasteiger partial charge in [-0.25, -0.2) is 4.99 Å². The molecule has 0 fully saturated rings. The van der Waals surface area contributed by atoms with E-state index >= 15 is 0 Å². The normalized spacial score (nSPS) is 16.9. The number of primary amides is 1. The minimum absolute atomic E-state index is 0.116. The molecular weight excluding hydrogens is 472 g/mol. The van der Waals surface area contributed by atoms with Crippen molar-refractivity contribution in [1.82, 2.24) is 5.32 Å². The lowest BCUT2D eigenvalue weighted by Crippen LogP contribution is -2.50. The lowest BCUT2D eigenvalue weighted by atomic mass is 9.99. The van der Waals surface area contributed by atoms with Gasteiger partial charge in [0.1, 0.15) is 6.54 Å². The van der Waals surface area contributed by atoms with E-state index < -0.39 is 23.9 Å². The van der Waals surface area contributed by atoms with E-state index in [1.807, 2.05) is 48.5 Å². The molecule has 2 atom stereocenters. The van der Waals surface area contributed by atoms with Crippen LogP contribution in [0.1, 0.15) is 23.6 Å². The van der Waals surface area contributed by atoms with Crippen molar-refractivity contribution in [3.63, 3.8) is 0 Å². The number of nitrogens with zero attached hydrogens (tertiary/aromatic N) is 2. The number of rotatable bonds is 7. The lowest BCUT2D eigenvalue weighted by Gasteiger charge is -2.24. The van der Waals surface area contributed by atoms with Crippen molar-refractivity contribution < 1.29 is 23.9 Å². The molecule has 9 nitrogen and oxygen atoms in total. The average Bonchev–Trinajstić information content (AvgIpc) is 3.34. The van der Waals surface area contributed by atoms with Gasteiger partial charge in [0, 0.05) is 17.0 Å². The van der Waals surface area contributed by atoms with E-state index in [0.29, 0.717) is 40.4 Å². The van der Waals surface area contributed by atoms with Gasteiger partial charge in [-0.2, -0.15) is 0 Å². The van der Waals surface area contributed by atoms with Gasteiger partial charge in [0.15, 0.2) is 11.5 Å². The zero-order valence-corrected chi connectivity index (χ0v) is 20.2. The Morgan fingerprint density at radius 1 is 1.05 bits per heavy atom. The Labute approximate surface area is 213 Å². The van der Waals surface area contributed by atoms with Crippen molar-refractivity contribution in [2.24, 2.45) is 16.6 Å². The predicted molar refractivity (Wildman–Crippen MR) is 137 cm³/mol. The maximum atomic E-state index is 13.7. The number of anilines is 1. The predicted octanol–water partition coefficient (Wildman–Crippen LogP) is 2.41. The Morgan fingerprint density at radius 2 is 1.78 bits per heavy atom. The smallest absolute Gasteiger partial charge is 0.272 e. The molecule has 1 unspecified atom stereocenters. The zero-order chi connectivity index (χ0) is 25.9. The van der Waals surface area contributed by atoms with Crippen LogP contribution in [0.4, 0.5) is 5.69 Å². The van der Waals surface area contributed by atoms with Crippen molar-refractivity contribution in [3.8, 4) is 11.5 Å². The number of fused-ring (bicyclic) bond motifs is 2. The van der Waals surface area contributed by atoms with Gasteiger partial charge >= 0.3 is 0 Å². The molecule has 0 saturated carbocycles. The molecule has 0 aliphatic carbocycles. The minimum Gasteiger partial charge on any atom is -0.454 e.